The molecule has 0 saturated carbocycles. The van der Waals surface area contributed by atoms with Crippen molar-refractivity contribution in [2.24, 2.45) is 5.92 Å². The highest BCUT2D eigenvalue weighted by Gasteiger charge is 2.10. The van der Waals surface area contributed by atoms with Crippen molar-refractivity contribution in [3.05, 3.63) is 42.5 Å². The zero-order chi connectivity index (χ0) is 18.7. The van der Waals surface area contributed by atoms with Crippen LogP contribution in [-0.4, -0.2) is 34.0 Å². The van der Waals surface area contributed by atoms with Crippen LogP contribution >= 0.6 is 0 Å². The summed E-state index contributed by atoms with van der Waals surface area (Å²) in [5.74, 6) is -0.0746. The minimum absolute atomic E-state index is 0.0104. The van der Waals surface area contributed by atoms with Crippen molar-refractivity contribution >= 4 is 28.3 Å². The third-order valence-corrected chi connectivity index (χ3v) is 4.38. The van der Waals surface area contributed by atoms with Gasteiger partial charge in [-0.2, -0.15) is 4.80 Å². The number of anilines is 2. The molecule has 0 saturated heterocycles. The Morgan fingerprint density at radius 1 is 1.04 bits per heavy atom. The number of nitrogens with one attached hydrogen (secondary N) is 1. The first-order valence-corrected chi connectivity index (χ1v) is 9.05. The summed E-state index contributed by atoms with van der Waals surface area (Å²) in [4.78, 5) is 15.8. The van der Waals surface area contributed by atoms with Crippen molar-refractivity contribution in [1.82, 2.24) is 15.0 Å². The summed E-state index contributed by atoms with van der Waals surface area (Å²) in [5, 5.41) is 12.0. The molecule has 0 unspecified atom stereocenters. The summed E-state index contributed by atoms with van der Waals surface area (Å²) >= 11 is 0. The van der Waals surface area contributed by atoms with Crippen LogP contribution in [0.15, 0.2) is 42.5 Å². The lowest BCUT2D eigenvalue weighted by atomic mass is 10.2. The first-order valence-electron chi connectivity index (χ1n) is 9.05. The molecule has 0 fully saturated rings. The van der Waals surface area contributed by atoms with Crippen LogP contribution in [0, 0.1) is 5.92 Å². The normalized spacial score (nSPS) is 11.1. The van der Waals surface area contributed by atoms with Crippen molar-refractivity contribution in [3.8, 4) is 5.69 Å². The van der Waals surface area contributed by atoms with Crippen LogP contribution in [0.25, 0.3) is 16.7 Å². The highest BCUT2D eigenvalue weighted by Crippen LogP contribution is 2.20. The van der Waals surface area contributed by atoms with E-state index in [0.717, 1.165) is 35.5 Å². The third-order valence-electron chi connectivity index (χ3n) is 4.38. The standard InChI is InChI=1S/C20H25N5O/c1-5-24(6-2)16-8-10-17(11-9-16)25-22-18-12-7-15(13-19(18)23-25)21-20(26)14(3)4/h7-14H,5-6H2,1-4H3,(H,21,26). The van der Waals surface area contributed by atoms with Gasteiger partial charge >= 0.3 is 0 Å². The maximum absolute atomic E-state index is 11.9. The summed E-state index contributed by atoms with van der Waals surface area (Å²) in [7, 11) is 0. The molecule has 1 amide bonds. The van der Waals surface area contributed by atoms with E-state index in [-0.39, 0.29) is 11.8 Å². The Kier molecular flexibility index (Phi) is 5.21. The maximum atomic E-state index is 11.9. The van der Waals surface area contributed by atoms with Gasteiger partial charge in [-0.3, -0.25) is 4.79 Å². The molecule has 0 bridgehead atoms. The zero-order valence-electron chi connectivity index (χ0n) is 15.7. The number of carbonyl (C=O) groups excluding carboxylic acids is 1. The predicted octanol–water partition coefficient (Wildman–Crippen LogP) is 3.86. The minimum Gasteiger partial charge on any atom is -0.372 e. The van der Waals surface area contributed by atoms with Gasteiger partial charge in [0, 0.05) is 30.4 Å². The summed E-state index contributed by atoms with van der Waals surface area (Å²) in [6.45, 7) is 9.98. The van der Waals surface area contributed by atoms with Crippen LogP contribution in [0.2, 0.25) is 0 Å². The average molecular weight is 351 g/mol. The fourth-order valence-electron chi connectivity index (χ4n) is 2.78. The van der Waals surface area contributed by atoms with Gasteiger partial charge in [0.25, 0.3) is 0 Å². The van der Waals surface area contributed by atoms with Crippen LogP contribution < -0.4 is 10.2 Å². The van der Waals surface area contributed by atoms with E-state index in [0.29, 0.717) is 0 Å². The van der Waals surface area contributed by atoms with E-state index >= 15 is 0 Å². The quantitative estimate of drug-likeness (QED) is 0.732. The number of hydrogen-bond donors (Lipinski definition) is 1. The minimum atomic E-state index is -0.0642. The second kappa shape index (κ2) is 7.56. The smallest absolute Gasteiger partial charge is 0.226 e. The van der Waals surface area contributed by atoms with Crippen LogP contribution in [0.3, 0.4) is 0 Å². The van der Waals surface area contributed by atoms with Crippen LogP contribution in [-0.2, 0) is 4.79 Å². The average Bonchev–Trinajstić information content (AvgIpc) is 3.06. The number of carbonyl (C=O) groups is 1. The van der Waals surface area contributed by atoms with Crippen molar-refractivity contribution < 1.29 is 4.79 Å². The summed E-state index contributed by atoms with van der Waals surface area (Å²) in [6.07, 6.45) is 0. The van der Waals surface area contributed by atoms with Gasteiger partial charge in [-0.1, -0.05) is 13.8 Å². The Morgan fingerprint density at radius 3 is 2.31 bits per heavy atom. The number of aromatic nitrogens is 3. The molecule has 0 aliphatic rings. The van der Waals surface area contributed by atoms with Gasteiger partial charge in [-0.05, 0) is 56.3 Å². The maximum Gasteiger partial charge on any atom is 0.226 e. The number of amides is 1. The van der Waals surface area contributed by atoms with E-state index in [1.54, 1.807) is 4.80 Å². The first-order chi connectivity index (χ1) is 12.5. The lowest BCUT2D eigenvalue weighted by Crippen LogP contribution is -2.21. The second-order valence-electron chi connectivity index (χ2n) is 6.53. The number of fused-ring (bicyclic) bond motifs is 1. The van der Waals surface area contributed by atoms with Crippen molar-refractivity contribution in [3.63, 3.8) is 0 Å². The molecule has 1 aromatic heterocycles. The molecule has 0 spiro atoms. The Labute approximate surface area is 153 Å². The number of hydrogen-bond acceptors (Lipinski definition) is 4. The molecule has 6 nitrogen and oxygen atoms in total. The predicted molar refractivity (Wildman–Crippen MR) is 106 cm³/mol. The number of benzene rings is 2. The third kappa shape index (κ3) is 3.69. The van der Waals surface area contributed by atoms with E-state index in [1.165, 1.54) is 5.69 Å². The Bertz CT molecular complexity index is 894. The summed E-state index contributed by atoms with van der Waals surface area (Å²) in [5.41, 5.74) is 4.37. The lowest BCUT2D eigenvalue weighted by molar-refractivity contribution is -0.118. The topological polar surface area (TPSA) is 63.1 Å². The van der Waals surface area contributed by atoms with E-state index in [9.17, 15) is 4.79 Å². The van der Waals surface area contributed by atoms with Gasteiger partial charge in [0.05, 0.1) is 5.69 Å². The van der Waals surface area contributed by atoms with E-state index in [1.807, 2.05) is 44.2 Å². The molecule has 0 atom stereocenters. The first kappa shape index (κ1) is 17.9. The fraction of sp³-hybridized carbons (Fsp3) is 0.350. The van der Waals surface area contributed by atoms with Crippen LogP contribution in [0.1, 0.15) is 27.7 Å². The van der Waals surface area contributed by atoms with Crippen molar-refractivity contribution in [2.75, 3.05) is 23.3 Å². The Morgan fingerprint density at radius 2 is 1.69 bits per heavy atom. The fourth-order valence-corrected chi connectivity index (χ4v) is 2.78. The van der Waals surface area contributed by atoms with Crippen LogP contribution in [0.5, 0.6) is 0 Å². The van der Waals surface area contributed by atoms with Gasteiger partial charge in [0.1, 0.15) is 11.0 Å². The van der Waals surface area contributed by atoms with Crippen LogP contribution in [0.4, 0.5) is 11.4 Å². The Hall–Kier alpha value is -2.89. The second-order valence-corrected chi connectivity index (χ2v) is 6.53. The number of nitrogens with zero attached hydrogens (tertiary/aromatic N) is 4. The highest BCUT2D eigenvalue weighted by molar-refractivity contribution is 5.94. The van der Waals surface area contributed by atoms with Gasteiger partial charge in [-0.25, -0.2) is 0 Å². The zero-order valence-corrected chi connectivity index (χ0v) is 15.7. The van der Waals surface area contributed by atoms with E-state index in [4.69, 9.17) is 0 Å². The molecule has 0 radical (unpaired) electrons. The monoisotopic (exact) mass is 351 g/mol. The molecular formula is C20H25N5O. The molecule has 1 heterocycles. The SMILES string of the molecule is CCN(CC)c1ccc(-n2nc3ccc(NC(=O)C(C)C)cc3n2)cc1. The Balaban J connectivity index is 1.86. The van der Waals surface area contributed by atoms with E-state index in [2.05, 4.69) is 46.4 Å². The molecule has 0 aliphatic heterocycles. The molecule has 26 heavy (non-hydrogen) atoms. The van der Waals surface area contributed by atoms with Gasteiger partial charge in [-0.15, -0.1) is 10.2 Å². The lowest BCUT2D eigenvalue weighted by Gasteiger charge is -2.20. The molecule has 3 rings (SSSR count). The molecule has 2 aromatic carbocycles. The van der Waals surface area contributed by atoms with Crippen molar-refractivity contribution in [2.45, 2.75) is 27.7 Å². The molecule has 6 heteroatoms. The molecule has 3 aromatic rings. The molecule has 0 aliphatic carbocycles. The van der Waals surface area contributed by atoms with Crippen molar-refractivity contribution in [1.29, 1.82) is 0 Å². The highest BCUT2D eigenvalue weighted by atomic mass is 16.1. The van der Waals surface area contributed by atoms with Gasteiger partial charge in [0.15, 0.2) is 0 Å². The van der Waals surface area contributed by atoms with E-state index < -0.39 is 0 Å². The summed E-state index contributed by atoms with van der Waals surface area (Å²) < 4.78 is 0. The number of rotatable bonds is 6. The molecule has 136 valence electrons. The largest absolute Gasteiger partial charge is 0.372 e. The summed E-state index contributed by atoms with van der Waals surface area (Å²) in [6, 6.07) is 13.8. The van der Waals surface area contributed by atoms with Gasteiger partial charge in [0.2, 0.25) is 5.91 Å². The molecular weight excluding hydrogens is 326 g/mol. The van der Waals surface area contributed by atoms with Gasteiger partial charge < -0.3 is 10.2 Å². The molecule has 1 N–H and O–H groups in total.